The summed E-state index contributed by atoms with van der Waals surface area (Å²) in [5, 5.41) is 3.11. The van der Waals surface area contributed by atoms with E-state index in [1.54, 1.807) is 0 Å². The highest BCUT2D eigenvalue weighted by Gasteiger charge is 2.53. The molecule has 0 aromatic heterocycles. The lowest BCUT2D eigenvalue weighted by molar-refractivity contribution is -0.145. The van der Waals surface area contributed by atoms with Crippen LogP contribution in [0.15, 0.2) is 18.2 Å². The predicted octanol–water partition coefficient (Wildman–Crippen LogP) is 4.93. The third-order valence-corrected chi connectivity index (χ3v) is 8.97. The zero-order valence-corrected chi connectivity index (χ0v) is 20.8. The molecule has 0 radical (unpaired) electrons. The van der Waals surface area contributed by atoms with Crippen molar-refractivity contribution in [2.75, 3.05) is 19.7 Å². The van der Waals surface area contributed by atoms with E-state index in [-0.39, 0.29) is 22.8 Å². The Morgan fingerprint density at radius 3 is 2.39 bits per heavy atom. The first-order valence-corrected chi connectivity index (χ1v) is 13.0. The number of hydrogen-bond donors (Lipinski definition) is 1. The van der Waals surface area contributed by atoms with Crippen LogP contribution in [0.1, 0.15) is 96.1 Å². The molecule has 2 heterocycles. The molecule has 4 fully saturated rings. The monoisotopic (exact) mass is 452 g/mol. The lowest BCUT2D eigenvalue weighted by Crippen LogP contribution is -2.58. The van der Waals surface area contributed by atoms with E-state index in [1.165, 1.54) is 24.0 Å². The average Bonchev–Trinajstić information content (AvgIpc) is 3.12. The lowest BCUT2D eigenvalue weighted by atomic mass is 9.55. The molecule has 33 heavy (non-hydrogen) atoms. The second-order valence-corrected chi connectivity index (χ2v) is 12.3. The molecule has 1 N–H and O–H groups in total. The first-order valence-electron chi connectivity index (χ1n) is 13.0. The molecule has 2 spiro atoms. The van der Waals surface area contributed by atoms with E-state index in [2.05, 4.69) is 56.1 Å². The number of nitrogens with zero attached hydrogens (tertiary/aromatic N) is 1. The molecule has 2 saturated heterocycles. The number of carbonyl (C=O) groups is 2. The number of benzene rings is 1. The number of nitrogens with one attached hydrogen (secondary N) is 1. The summed E-state index contributed by atoms with van der Waals surface area (Å²) in [5.74, 6) is 2.20. The third-order valence-electron chi connectivity index (χ3n) is 8.97. The van der Waals surface area contributed by atoms with E-state index in [9.17, 15) is 9.59 Å². The van der Waals surface area contributed by atoms with Gasteiger partial charge in [0, 0.05) is 31.0 Å². The van der Waals surface area contributed by atoms with Gasteiger partial charge < -0.3 is 15.0 Å². The Morgan fingerprint density at radius 1 is 1.12 bits per heavy atom. The number of carbonyl (C=O) groups excluding carboxylic acids is 2. The zero-order chi connectivity index (χ0) is 23.4. The highest BCUT2D eigenvalue weighted by Crippen LogP contribution is 2.58. The van der Waals surface area contributed by atoms with E-state index in [1.807, 2.05) is 0 Å². The summed E-state index contributed by atoms with van der Waals surface area (Å²) in [5.41, 5.74) is 3.22. The Morgan fingerprint density at radius 2 is 1.82 bits per heavy atom. The molecular formula is C28H40N2O3. The number of likely N-dealkylation sites (tertiary alicyclic amines) is 1. The topological polar surface area (TPSA) is 58.6 Å². The fourth-order valence-electron chi connectivity index (χ4n) is 6.83. The van der Waals surface area contributed by atoms with Crippen LogP contribution in [0, 0.1) is 11.3 Å². The van der Waals surface area contributed by atoms with E-state index < -0.39 is 0 Å². The van der Waals surface area contributed by atoms with Crippen LogP contribution in [0.4, 0.5) is 0 Å². The lowest BCUT2D eigenvalue weighted by Gasteiger charge is -2.54. The summed E-state index contributed by atoms with van der Waals surface area (Å²) in [6, 6.07) is 6.77. The Bertz CT molecular complexity index is 925. The Hall–Kier alpha value is -2.04. The summed E-state index contributed by atoms with van der Waals surface area (Å²) in [4.78, 5) is 26.7. The van der Waals surface area contributed by atoms with Crippen molar-refractivity contribution in [2.24, 2.45) is 11.3 Å². The highest BCUT2D eigenvalue weighted by atomic mass is 16.5. The minimum Gasteiger partial charge on any atom is -0.494 e. The molecule has 0 bridgehead atoms. The van der Waals surface area contributed by atoms with Crippen molar-refractivity contribution in [3.05, 3.63) is 29.3 Å². The summed E-state index contributed by atoms with van der Waals surface area (Å²) in [6.07, 6.45) is 7.86. The fraction of sp³-hybridized carbons (Fsp3) is 0.714. The van der Waals surface area contributed by atoms with Crippen molar-refractivity contribution in [3.8, 4) is 5.75 Å². The third kappa shape index (κ3) is 4.17. The minimum absolute atomic E-state index is 0.0600. The van der Waals surface area contributed by atoms with Gasteiger partial charge in [-0.3, -0.25) is 9.59 Å². The van der Waals surface area contributed by atoms with Crippen molar-refractivity contribution in [1.82, 2.24) is 10.2 Å². The molecule has 5 rings (SSSR count). The first kappa shape index (κ1) is 22.7. The van der Waals surface area contributed by atoms with E-state index in [4.69, 9.17) is 4.74 Å². The number of amides is 2. The maximum Gasteiger partial charge on any atom is 0.225 e. The SMILES string of the molecule is CCOc1ccc(C(C)(C)C)cc1C1CC2(CCN(C(=O)C3CC4(CCC(=O)N4)C3)CC2)C1. The van der Waals surface area contributed by atoms with Gasteiger partial charge in [-0.05, 0) is 85.8 Å². The van der Waals surface area contributed by atoms with Crippen molar-refractivity contribution < 1.29 is 14.3 Å². The molecule has 2 saturated carbocycles. The van der Waals surface area contributed by atoms with Gasteiger partial charge in [-0.1, -0.05) is 32.9 Å². The molecule has 1 aromatic rings. The summed E-state index contributed by atoms with van der Waals surface area (Å²) < 4.78 is 6.00. The second-order valence-electron chi connectivity index (χ2n) is 12.3. The fourth-order valence-corrected chi connectivity index (χ4v) is 6.83. The minimum atomic E-state index is -0.0600. The molecule has 5 nitrogen and oxygen atoms in total. The van der Waals surface area contributed by atoms with Gasteiger partial charge in [0.15, 0.2) is 0 Å². The average molecular weight is 453 g/mol. The van der Waals surface area contributed by atoms with Crippen LogP contribution in [-0.2, 0) is 15.0 Å². The molecule has 5 heteroatoms. The van der Waals surface area contributed by atoms with Crippen molar-refractivity contribution >= 4 is 11.8 Å². The van der Waals surface area contributed by atoms with E-state index in [0.717, 1.165) is 50.9 Å². The van der Waals surface area contributed by atoms with Gasteiger partial charge in [-0.25, -0.2) is 0 Å². The Labute approximate surface area is 198 Å². The summed E-state index contributed by atoms with van der Waals surface area (Å²) >= 11 is 0. The smallest absolute Gasteiger partial charge is 0.225 e. The molecule has 180 valence electrons. The van der Waals surface area contributed by atoms with Crippen molar-refractivity contribution in [2.45, 2.75) is 95.9 Å². The zero-order valence-electron chi connectivity index (χ0n) is 20.8. The molecule has 2 aliphatic carbocycles. The van der Waals surface area contributed by atoms with Gasteiger partial charge in [0.25, 0.3) is 0 Å². The number of ether oxygens (including phenoxy) is 1. The first-order chi connectivity index (χ1) is 15.6. The number of hydrogen-bond acceptors (Lipinski definition) is 3. The van der Waals surface area contributed by atoms with Gasteiger partial charge in [-0.15, -0.1) is 0 Å². The highest BCUT2D eigenvalue weighted by molar-refractivity contribution is 5.83. The van der Waals surface area contributed by atoms with E-state index in [0.29, 0.717) is 30.3 Å². The van der Waals surface area contributed by atoms with Crippen LogP contribution >= 0.6 is 0 Å². The maximum atomic E-state index is 13.0. The molecule has 2 amide bonds. The molecular weight excluding hydrogens is 412 g/mol. The van der Waals surface area contributed by atoms with Crippen LogP contribution in [0.2, 0.25) is 0 Å². The van der Waals surface area contributed by atoms with Crippen LogP contribution in [0.3, 0.4) is 0 Å². The Balaban J connectivity index is 1.17. The van der Waals surface area contributed by atoms with Gasteiger partial charge >= 0.3 is 0 Å². The molecule has 0 unspecified atom stereocenters. The van der Waals surface area contributed by atoms with Crippen LogP contribution in [0.5, 0.6) is 5.75 Å². The van der Waals surface area contributed by atoms with Gasteiger partial charge in [0.1, 0.15) is 5.75 Å². The van der Waals surface area contributed by atoms with Gasteiger partial charge in [0.2, 0.25) is 11.8 Å². The Kier molecular flexibility index (Phi) is 5.53. The van der Waals surface area contributed by atoms with Crippen LogP contribution < -0.4 is 10.1 Å². The van der Waals surface area contributed by atoms with E-state index >= 15 is 0 Å². The number of rotatable bonds is 4. The standard InChI is InChI=1S/C28H40N2O3/c1-5-33-23-7-6-21(26(2,3)4)14-22(23)19-15-27(16-19)10-12-30(13-11-27)25(32)20-17-28(18-20)9-8-24(31)29-28/h6-7,14,19-20H,5,8-13,15-18H2,1-4H3,(H,29,31). The second kappa shape index (κ2) is 8.02. The van der Waals surface area contributed by atoms with Crippen molar-refractivity contribution in [3.63, 3.8) is 0 Å². The van der Waals surface area contributed by atoms with Crippen LogP contribution in [0.25, 0.3) is 0 Å². The summed E-state index contributed by atoms with van der Waals surface area (Å²) in [6.45, 7) is 11.3. The molecule has 0 atom stereocenters. The van der Waals surface area contributed by atoms with Crippen LogP contribution in [-0.4, -0.2) is 41.9 Å². The maximum absolute atomic E-state index is 13.0. The quantitative estimate of drug-likeness (QED) is 0.705. The van der Waals surface area contributed by atoms with Gasteiger partial charge in [0.05, 0.1) is 6.61 Å². The van der Waals surface area contributed by atoms with Gasteiger partial charge in [-0.2, -0.15) is 0 Å². The molecule has 2 aliphatic heterocycles. The normalized spacial score (nSPS) is 26.1. The predicted molar refractivity (Wildman–Crippen MR) is 129 cm³/mol. The molecule has 4 aliphatic rings. The van der Waals surface area contributed by atoms with Crippen molar-refractivity contribution in [1.29, 1.82) is 0 Å². The molecule has 1 aromatic carbocycles. The number of piperidine rings is 1. The summed E-state index contributed by atoms with van der Waals surface area (Å²) in [7, 11) is 0. The largest absolute Gasteiger partial charge is 0.494 e.